The number of H-pyrrole nitrogens is 1. The van der Waals surface area contributed by atoms with E-state index < -0.39 is 5.97 Å². The number of aromatic amines is 1. The van der Waals surface area contributed by atoms with Gasteiger partial charge in [-0.25, -0.2) is 9.78 Å². The summed E-state index contributed by atoms with van der Waals surface area (Å²) in [6, 6.07) is 0. The lowest BCUT2D eigenvalue weighted by Crippen LogP contribution is -1.97. The Balaban J connectivity index is 3.12. The summed E-state index contributed by atoms with van der Waals surface area (Å²) in [4.78, 5) is 16.3. The van der Waals surface area contributed by atoms with Crippen LogP contribution in [-0.4, -0.2) is 21.0 Å². The van der Waals surface area contributed by atoms with Crippen LogP contribution in [0.2, 0.25) is 0 Å². The van der Waals surface area contributed by atoms with E-state index in [1.54, 1.807) is 0 Å². The molecule has 10 heavy (non-hydrogen) atoms. The number of carboxylic acid groups (broad SMARTS) is 1. The number of carbonyl (C=O) groups is 1. The van der Waals surface area contributed by atoms with E-state index in [1.807, 2.05) is 0 Å². The van der Waals surface area contributed by atoms with Crippen molar-refractivity contribution in [2.75, 3.05) is 0 Å². The smallest absolute Gasteiger partial charge is 0.338 e. The Bertz CT molecular complexity index is 286. The summed E-state index contributed by atoms with van der Waals surface area (Å²) in [7, 11) is 0. The van der Waals surface area contributed by atoms with E-state index in [4.69, 9.17) is 5.11 Å². The van der Waals surface area contributed by atoms with Crippen LogP contribution in [0, 0.1) is 4.77 Å². The second kappa shape index (κ2) is 2.57. The van der Waals surface area contributed by atoms with Crippen molar-refractivity contribution in [3.63, 3.8) is 0 Å². The van der Waals surface area contributed by atoms with Gasteiger partial charge in [-0.2, -0.15) is 0 Å². The highest BCUT2D eigenvalue weighted by Gasteiger charge is 1.99. The molecule has 0 spiro atoms. The molecule has 0 unspecified atom stereocenters. The minimum Gasteiger partial charge on any atom is -0.478 e. The Morgan fingerprint density at radius 1 is 1.80 bits per heavy atom. The third kappa shape index (κ3) is 1.38. The Morgan fingerprint density at radius 2 is 2.50 bits per heavy atom. The molecule has 1 aromatic rings. The van der Waals surface area contributed by atoms with Gasteiger partial charge in [0.1, 0.15) is 0 Å². The molecule has 1 rings (SSSR count). The molecule has 0 radical (unpaired) electrons. The predicted molar refractivity (Wildman–Crippen MR) is 36.4 cm³/mol. The first-order chi connectivity index (χ1) is 4.70. The lowest BCUT2D eigenvalue weighted by Gasteiger charge is -1.89. The summed E-state index contributed by atoms with van der Waals surface area (Å²) < 4.78 is 0.282. The molecule has 0 amide bonds. The topological polar surface area (TPSA) is 66.0 Å². The first-order valence-corrected chi connectivity index (χ1v) is 2.89. The quantitative estimate of drug-likeness (QED) is 0.591. The van der Waals surface area contributed by atoms with Crippen molar-refractivity contribution in [3.8, 4) is 0 Å². The maximum Gasteiger partial charge on any atom is 0.338 e. The normalized spacial score (nSPS) is 9.20. The van der Waals surface area contributed by atoms with E-state index in [2.05, 4.69) is 22.2 Å². The number of hydrogen-bond acceptors (Lipinski definition) is 3. The number of hydrogen-bond donors (Lipinski definition) is 2. The number of rotatable bonds is 1. The molecule has 0 aliphatic rings. The zero-order chi connectivity index (χ0) is 7.56. The van der Waals surface area contributed by atoms with Gasteiger partial charge in [-0.1, -0.05) is 0 Å². The number of carboxylic acids is 1. The molecule has 4 nitrogen and oxygen atoms in total. The minimum absolute atomic E-state index is 0.105. The van der Waals surface area contributed by atoms with Crippen molar-refractivity contribution in [2.24, 2.45) is 0 Å². The standard InChI is InChI=1S/C5H4N2O2S/c8-4(9)3-1-6-5(10)7-2-3/h1-2H,(H,8,9)(H,6,7,10). The zero-order valence-electron chi connectivity index (χ0n) is 4.87. The van der Waals surface area contributed by atoms with Gasteiger partial charge in [-0.05, 0) is 12.2 Å². The van der Waals surface area contributed by atoms with E-state index in [0.717, 1.165) is 0 Å². The van der Waals surface area contributed by atoms with Crippen LogP contribution >= 0.6 is 12.2 Å². The second-order valence-electron chi connectivity index (χ2n) is 1.61. The molecule has 0 saturated carbocycles. The van der Waals surface area contributed by atoms with Crippen molar-refractivity contribution in [1.82, 2.24) is 9.97 Å². The van der Waals surface area contributed by atoms with Gasteiger partial charge in [-0.3, -0.25) is 0 Å². The molecular formula is C5H4N2O2S. The SMILES string of the molecule is O=C(O)c1cnc(=S)[nH]c1. The third-order valence-electron chi connectivity index (χ3n) is 0.919. The Kier molecular flexibility index (Phi) is 1.77. The third-order valence-corrected chi connectivity index (χ3v) is 1.14. The highest BCUT2D eigenvalue weighted by Crippen LogP contribution is 1.91. The van der Waals surface area contributed by atoms with Crippen molar-refractivity contribution < 1.29 is 9.90 Å². The van der Waals surface area contributed by atoms with Crippen LogP contribution < -0.4 is 0 Å². The number of aromatic carboxylic acids is 1. The van der Waals surface area contributed by atoms with Crippen molar-refractivity contribution >= 4 is 18.2 Å². The van der Waals surface area contributed by atoms with Gasteiger partial charge >= 0.3 is 5.97 Å². The second-order valence-corrected chi connectivity index (χ2v) is 2.00. The average molecular weight is 156 g/mol. The molecule has 0 bridgehead atoms. The summed E-state index contributed by atoms with van der Waals surface area (Å²) in [5, 5.41) is 8.38. The fourth-order valence-corrected chi connectivity index (χ4v) is 0.571. The molecular weight excluding hydrogens is 152 g/mol. The summed E-state index contributed by atoms with van der Waals surface area (Å²) >= 11 is 4.60. The van der Waals surface area contributed by atoms with Crippen molar-refractivity contribution in [2.45, 2.75) is 0 Å². The Labute approximate surface area is 61.6 Å². The molecule has 1 aromatic heterocycles. The Hall–Kier alpha value is -1.23. The largest absolute Gasteiger partial charge is 0.478 e. The van der Waals surface area contributed by atoms with Gasteiger partial charge in [0.25, 0.3) is 0 Å². The maximum atomic E-state index is 10.2. The molecule has 1 heterocycles. The van der Waals surface area contributed by atoms with Crippen LogP contribution in [-0.2, 0) is 0 Å². The first-order valence-electron chi connectivity index (χ1n) is 2.48. The van der Waals surface area contributed by atoms with E-state index >= 15 is 0 Å². The van der Waals surface area contributed by atoms with Crippen LogP contribution in [0.5, 0.6) is 0 Å². The van der Waals surface area contributed by atoms with Gasteiger partial charge in [0, 0.05) is 12.4 Å². The van der Waals surface area contributed by atoms with Crippen LogP contribution in [0.25, 0.3) is 0 Å². The van der Waals surface area contributed by atoms with Crippen LogP contribution in [0.1, 0.15) is 10.4 Å². The predicted octanol–water partition coefficient (Wildman–Crippen LogP) is 0.837. The van der Waals surface area contributed by atoms with E-state index in [9.17, 15) is 4.79 Å². The highest BCUT2D eigenvalue weighted by molar-refractivity contribution is 7.71. The van der Waals surface area contributed by atoms with E-state index in [1.165, 1.54) is 12.4 Å². The molecule has 2 N–H and O–H groups in total. The number of nitrogens with one attached hydrogen (secondary N) is 1. The summed E-state index contributed by atoms with van der Waals surface area (Å²) in [6.45, 7) is 0. The van der Waals surface area contributed by atoms with Gasteiger partial charge in [0.15, 0.2) is 4.77 Å². The molecule has 5 heteroatoms. The molecule has 52 valence electrons. The van der Waals surface area contributed by atoms with E-state index in [0.29, 0.717) is 0 Å². The van der Waals surface area contributed by atoms with Gasteiger partial charge in [-0.15, -0.1) is 0 Å². The summed E-state index contributed by atoms with van der Waals surface area (Å²) in [5.41, 5.74) is 0.105. The van der Waals surface area contributed by atoms with Crippen LogP contribution in [0.3, 0.4) is 0 Å². The van der Waals surface area contributed by atoms with Crippen molar-refractivity contribution in [3.05, 3.63) is 22.7 Å². The van der Waals surface area contributed by atoms with Crippen molar-refractivity contribution in [1.29, 1.82) is 0 Å². The zero-order valence-corrected chi connectivity index (χ0v) is 5.68. The fraction of sp³-hybridized carbons (Fsp3) is 0. The van der Waals surface area contributed by atoms with Gasteiger partial charge < -0.3 is 10.1 Å². The van der Waals surface area contributed by atoms with Gasteiger partial charge in [0.2, 0.25) is 0 Å². The lowest BCUT2D eigenvalue weighted by molar-refractivity contribution is 0.0696. The minimum atomic E-state index is -1.02. The monoisotopic (exact) mass is 156 g/mol. The summed E-state index contributed by atoms with van der Waals surface area (Å²) in [5.74, 6) is -1.02. The Morgan fingerprint density at radius 3 is 2.90 bits per heavy atom. The molecule has 0 fully saturated rings. The highest BCUT2D eigenvalue weighted by atomic mass is 32.1. The van der Waals surface area contributed by atoms with Crippen LogP contribution in [0.4, 0.5) is 0 Å². The molecule has 0 saturated heterocycles. The lowest BCUT2D eigenvalue weighted by atomic mass is 10.4. The summed E-state index contributed by atoms with van der Waals surface area (Å²) in [6.07, 6.45) is 2.51. The van der Waals surface area contributed by atoms with Gasteiger partial charge in [0.05, 0.1) is 5.56 Å². The average Bonchev–Trinajstić information content (AvgIpc) is 1.88. The fourth-order valence-electron chi connectivity index (χ4n) is 0.459. The number of nitrogens with zero attached hydrogens (tertiary/aromatic N) is 1. The molecule has 0 aromatic carbocycles. The first kappa shape index (κ1) is 6.88. The van der Waals surface area contributed by atoms with Crippen LogP contribution in [0.15, 0.2) is 12.4 Å². The molecule has 0 aliphatic carbocycles. The number of aromatic nitrogens is 2. The molecule has 0 aliphatic heterocycles. The maximum absolute atomic E-state index is 10.2. The van der Waals surface area contributed by atoms with E-state index in [-0.39, 0.29) is 10.3 Å². The molecule has 0 atom stereocenters.